The molecular formula is C8H8. The molecule has 0 radical (unpaired) electrons. The Balaban J connectivity index is 2.66. The highest BCUT2D eigenvalue weighted by molar-refractivity contribution is 5.29. The molecule has 0 saturated heterocycles. The van der Waals surface area contributed by atoms with Gasteiger partial charge in [0, 0.05) is 0 Å². The molecule has 0 spiro atoms. The Morgan fingerprint density at radius 2 is 1.62 bits per heavy atom. The standard InChI is InChI=1S/C8H8/c1-2-7-4-5-8(3-1)6-7/h1-3,6H,4-5H2. The van der Waals surface area contributed by atoms with Crippen LogP contribution in [-0.4, -0.2) is 0 Å². The van der Waals surface area contributed by atoms with E-state index in [-0.39, 0.29) is 0 Å². The lowest BCUT2D eigenvalue weighted by Crippen LogP contribution is -1.72. The second-order valence-corrected chi connectivity index (χ2v) is 2.32. The van der Waals surface area contributed by atoms with Crippen LogP contribution in [0.3, 0.4) is 0 Å². The van der Waals surface area contributed by atoms with Gasteiger partial charge in [-0.05, 0) is 24.0 Å². The molecule has 0 N–H and O–H groups in total. The normalized spacial score (nSPS) is 14.5. The molecular weight excluding hydrogens is 96.1 g/mol. The third-order valence-corrected chi connectivity index (χ3v) is 1.69. The lowest BCUT2D eigenvalue weighted by atomic mass is 10.2. The van der Waals surface area contributed by atoms with Crippen molar-refractivity contribution in [2.24, 2.45) is 0 Å². The zero-order chi connectivity index (χ0) is 5.40. The predicted octanol–water partition coefficient (Wildman–Crippen LogP) is 1.79. The summed E-state index contributed by atoms with van der Waals surface area (Å²) in [5.41, 5.74) is 3.00. The Morgan fingerprint density at radius 3 is 2.12 bits per heavy atom. The summed E-state index contributed by atoms with van der Waals surface area (Å²) in [6, 6.07) is 8.80. The van der Waals surface area contributed by atoms with Crippen LogP contribution in [-0.2, 0) is 12.8 Å². The molecule has 1 aromatic carbocycles. The maximum atomic E-state index is 2.28. The van der Waals surface area contributed by atoms with Gasteiger partial charge in [-0.1, -0.05) is 24.3 Å². The Bertz CT molecular complexity index is 182. The van der Waals surface area contributed by atoms with Crippen molar-refractivity contribution < 1.29 is 0 Å². The number of aryl methyl sites for hydroxylation is 2. The first kappa shape index (κ1) is 4.13. The Morgan fingerprint density at radius 1 is 1.00 bits per heavy atom. The fourth-order valence-electron chi connectivity index (χ4n) is 1.23. The van der Waals surface area contributed by atoms with E-state index in [1.54, 1.807) is 0 Å². The van der Waals surface area contributed by atoms with Crippen LogP contribution in [0, 0.1) is 0 Å². The van der Waals surface area contributed by atoms with E-state index in [0.29, 0.717) is 0 Å². The van der Waals surface area contributed by atoms with Crippen LogP contribution in [0.5, 0.6) is 0 Å². The summed E-state index contributed by atoms with van der Waals surface area (Å²) in [5, 5.41) is 0. The van der Waals surface area contributed by atoms with Crippen LogP contribution in [0.1, 0.15) is 11.1 Å². The molecule has 1 aromatic rings. The molecule has 1 aliphatic rings. The second-order valence-electron chi connectivity index (χ2n) is 2.32. The van der Waals surface area contributed by atoms with E-state index in [1.165, 1.54) is 24.0 Å². The van der Waals surface area contributed by atoms with E-state index >= 15 is 0 Å². The maximum Gasteiger partial charge on any atom is -0.0238 e. The van der Waals surface area contributed by atoms with Gasteiger partial charge in [0.05, 0.1) is 0 Å². The van der Waals surface area contributed by atoms with Gasteiger partial charge in [0.2, 0.25) is 0 Å². The van der Waals surface area contributed by atoms with Gasteiger partial charge >= 0.3 is 0 Å². The van der Waals surface area contributed by atoms with Crippen molar-refractivity contribution in [2.75, 3.05) is 0 Å². The van der Waals surface area contributed by atoms with Crippen molar-refractivity contribution in [1.82, 2.24) is 0 Å². The van der Waals surface area contributed by atoms with Crippen molar-refractivity contribution in [3.63, 3.8) is 0 Å². The van der Waals surface area contributed by atoms with Crippen LogP contribution in [0.4, 0.5) is 0 Å². The molecule has 0 aliphatic heterocycles. The molecule has 0 fully saturated rings. The summed E-state index contributed by atoms with van der Waals surface area (Å²) in [7, 11) is 0. The third kappa shape index (κ3) is 0.460. The zero-order valence-electron chi connectivity index (χ0n) is 4.72. The lowest BCUT2D eigenvalue weighted by Gasteiger charge is -1.82. The minimum atomic E-state index is 1.27. The molecule has 0 saturated carbocycles. The number of rotatable bonds is 0. The van der Waals surface area contributed by atoms with Gasteiger partial charge in [0.1, 0.15) is 0 Å². The molecule has 0 heterocycles. The van der Waals surface area contributed by atoms with Crippen LogP contribution < -0.4 is 0 Å². The van der Waals surface area contributed by atoms with E-state index < -0.39 is 0 Å². The molecule has 0 aromatic heterocycles. The van der Waals surface area contributed by atoms with Crippen molar-refractivity contribution in [3.8, 4) is 0 Å². The zero-order valence-corrected chi connectivity index (χ0v) is 4.72. The summed E-state index contributed by atoms with van der Waals surface area (Å²) in [6.07, 6.45) is 2.53. The van der Waals surface area contributed by atoms with Gasteiger partial charge in [-0.15, -0.1) is 0 Å². The smallest absolute Gasteiger partial charge is 0.0238 e. The van der Waals surface area contributed by atoms with Crippen molar-refractivity contribution in [2.45, 2.75) is 12.8 Å². The summed E-state index contributed by atoms with van der Waals surface area (Å²) < 4.78 is 0. The number of hydrogen-bond acceptors (Lipinski definition) is 0. The fraction of sp³-hybridized carbons (Fsp3) is 0.250. The van der Waals surface area contributed by atoms with Crippen LogP contribution in [0.25, 0.3) is 0 Å². The van der Waals surface area contributed by atoms with Gasteiger partial charge in [-0.3, -0.25) is 0 Å². The third-order valence-electron chi connectivity index (χ3n) is 1.69. The lowest BCUT2D eigenvalue weighted by molar-refractivity contribution is 1.03. The van der Waals surface area contributed by atoms with Gasteiger partial charge in [0.25, 0.3) is 0 Å². The van der Waals surface area contributed by atoms with Crippen LogP contribution >= 0.6 is 0 Å². The average Bonchev–Trinajstić information content (AvgIpc) is 2.12. The Hall–Kier alpha value is -0.780. The van der Waals surface area contributed by atoms with E-state index in [9.17, 15) is 0 Å². The van der Waals surface area contributed by atoms with Crippen molar-refractivity contribution in [1.29, 1.82) is 0 Å². The van der Waals surface area contributed by atoms with E-state index in [4.69, 9.17) is 0 Å². The molecule has 8 heavy (non-hydrogen) atoms. The topological polar surface area (TPSA) is 0 Å². The highest BCUT2D eigenvalue weighted by Gasteiger charge is 2.02. The monoisotopic (exact) mass is 104 g/mol. The van der Waals surface area contributed by atoms with E-state index in [1.807, 2.05) is 0 Å². The summed E-state index contributed by atoms with van der Waals surface area (Å²) in [6.45, 7) is 0. The first-order valence-corrected chi connectivity index (χ1v) is 3.03. The Kier molecular flexibility index (Phi) is 0.696. The molecule has 1 aliphatic carbocycles. The summed E-state index contributed by atoms with van der Waals surface area (Å²) in [4.78, 5) is 0. The quantitative estimate of drug-likeness (QED) is 0.470. The van der Waals surface area contributed by atoms with E-state index in [2.05, 4.69) is 24.3 Å². The number of fused-ring (bicyclic) bond motifs is 2. The molecule has 2 rings (SSSR count). The predicted molar refractivity (Wildman–Crippen MR) is 33.8 cm³/mol. The Labute approximate surface area is 49.2 Å². The van der Waals surface area contributed by atoms with Gasteiger partial charge in [0.15, 0.2) is 0 Å². The molecule has 2 bridgehead atoms. The van der Waals surface area contributed by atoms with Crippen LogP contribution in [0.2, 0.25) is 0 Å². The van der Waals surface area contributed by atoms with Crippen molar-refractivity contribution in [3.05, 3.63) is 35.4 Å². The SMILES string of the molecule is c1cc2cc(c1)CC2. The minimum absolute atomic E-state index is 1.27. The molecule has 0 unspecified atom stereocenters. The van der Waals surface area contributed by atoms with Gasteiger partial charge in [-0.25, -0.2) is 0 Å². The highest BCUT2D eigenvalue weighted by atomic mass is 14.1. The highest BCUT2D eigenvalue weighted by Crippen LogP contribution is 2.15. The fourth-order valence-corrected chi connectivity index (χ4v) is 1.23. The minimum Gasteiger partial charge on any atom is -0.0617 e. The van der Waals surface area contributed by atoms with Gasteiger partial charge < -0.3 is 0 Å². The van der Waals surface area contributed by atoms with Crippen LogP contribution in [0.15, 0.2) is 24.3 Å². The molecule has 0 heteroatoms. The summed E-state index contributed by atoms with van der Waals surface area (Å²) in [5.74, 6) is 0. The van der Waals surface area contributed by atoms with E-state index in [0.717, 1.165) is 0 Å². The molecule has 0 atom stereocenters. The molecule has 40 valence electrons. The maximum absolute atomic E-state index is 2.28. The number of benzene rings is 1. The summed E-state index contributed by atoms with van der Waals surface area (Å²) >= 11 is 0. The number of hydrogen-bond donors (Lipinski definition) is 0. The first-order valence-electron chi connectivity index (χ1n) is 3.03. The molecule has 0 nitrogen and oxygen atoms in total. The average molecular weight is 104 g/mol. The van der Waals surface area contributed by atoms with Crippen molar-refractivity contribution >= 4 is 0 Å². The van der Waals surface area contributed by atoms with Gasteiger partial charge in [-0.2, -0.15) is 0 Å². The first-order chi connectivity index (χ1) is 3.95. The largest absolute Gasteiger partial charge is 0.0617 e. The second kappa shape index (κ2) is 1.35. The molecule has 0 amide bonds.